The molecule has 6 heteroatoms. The van der Waals surface area contributed by atoms with E-state index in [-0.39, 0.29) is 12.0 Å². The van der Waals surface area contributed by atoms with Crippen molar-refractivity contribution in [2.24, 2.45) is 0 Å². The van der Waals surface area contributed by atoms with E-state index in [1.54, 1.807) is 24.1 Å². The summed E-state index contributed by atoms with van der Waals surface area (Å²) in [5.41, 5.74) is 7.20. The zero-order chi connectivity index (χ0) is 18.8. The van der Waals surface area contributed by atoms with E-state index < -0.39 is 0 Å². The SMILES string of the molecule is COc1ccc2cc([C@H]3CN(C(=O)c4ccc(N)nc4)CCO3)ccc2c1. The van der Waals surface area contributed by atoms with Crippen molar-refractivity contribution in [1.29, 1.82) is 0 Å². The minimum Gasteiger partial charge on any atom is -0.497 e. The largest absolute Gasteiger partial charge is 0.497 e. The van der Waals surface area contributed by atoms with E-state index in [4.69, 9.17) is 15.2 Å². The molecule has 0 aliphatic carbocycles. The summed E-state index contributed by atoms with van der Waals surface area (Å²) in [6, 6.07) is 15.5. The minimum atomic E-state index is -0.157. The molecule has 1 aliphatic rings. The van der Waals surface area contributed by atoms with Gasteiger partial charge in [-0.15, -0.1) is 0 Å². The van der Waals surface area contributed by atoms with Gasteiger partial charge in [-0.2, -0.15) is 0 Å². The fourth-order valence-corrected chi connectivity index (χ4v) is 3.32. The highest BCUT2D eigenvalue weighted by Gasteiger charge is 2.26. The van der Waals surface area contributed by atoms with E-state index in [2.05, 4.69) is 17.1 Å². The van der Waals surface area contributed by atoms with Crippen molar-refractivity contribution in [3.63, 3.8) is 0 Å². The Morgan fingerprint density at radius 1 is 1.19 bits per heavy atom. The maximum Gasteiger partial charge on any atom is 0.255 e. The molecule has 1 aromatic heterocycles. The summed E-state index contributed by atoms with van der Waals surface area (Å²) in [5, 5.41) is 2.22. The van der Waals surface area contributed by atoms with E-state index in [1.165, 1.54) is 6.20 Å². The van der Waals surface area contributed by atoms with Gasteiger partial charge in [-0.3, -0.25) is 4.79 Å². The molecule has 1 saturated heterocycles. The molecule has 1 atom stereocenters. The van der Waals surface area contributed by atoms with Crippen LogP contribution < -0.4 is 10.5 Å². The Labute approximate surface area is 157 Å². The standard InChI is InChI=1S/C21H21N3O3/c1-26-18-6-4-14-10-16(3-2-15(14)11-18)19-13-24(8-9-27-19)21(25)17-5-7-20(22)23-12-17/h2-7,10-12,19H,8-9,13H2,1H3,(H2,22,23)/t19-/m1/s1. The third kappa shape index (κ3) is 3.57. The number of amides is 1. The maximum atomic E-state index is 12.7. The van der Waals surface area contributed by atoms with Crippen molar-refractivity contribution < 1.29 is 14.3 Å². The summed E-state index contributed by atoms with van der Waals surface area (Å²) in [4.78, 5) is 18.6. The molecular formula is C21H21N3O3. The van der Waals surface area contributed by atoms with Crippen molar-refractivity contribution in [3.05, 3.63) is 65.9 Å². The Kier molecular flexibility index (Phi) is 4.64. The highest BCUT2D eigenvalue weighted by molar-refractivity contribution is 5.94. The minimum absolute atomic E-state index is 0.0543. The van der Waals surface area contributed by atoms with E-state index >= 15 is 0 Å². The van der Waals surface area contributed by atoms with Crippen LogP contribution in [-0.4, -0.2) is 42.6 Å². The average Bonchev–Trinajstić information content (AvgIpc) is 2.73. The lowest BCUT2D eigenvalue weighted by Gasteiger charge is -2.33. The highest BCUT2D eigenvalue weighted by atomic mass is 16.5. The zero-order valence-corrected chi connectivity index (χ0v) is 15.1. The Morgan fingerprint density at radius 2 is 2.00 bits per heavy atom. The third-order valence-corrected chi connectivity index (χ3v) is 4.83. The second-order valence-corrected chi connectivity index (χ2v) is 6.55. The Morgan fingerprint density at radius 3 is 2.78 bits per heavy atom. The Balaban J connectivity index is 1.54. The second-order valence-electron chi connectivity index (χ2n) is 6.55. The maximum absolute atomic E-state index is 12.7. The topological polar surface area (TPSA) is 77.7 Å². The number of anilines is 1. The number of hydrogen-bond acceptors (Lipinski definition) is 5. The van der Waals surface area contributed by atoms with Crippen molar-refractivity contribution >= 4 is 22.5 Å². The second kappa shape index (κ2) is 7.25. The number of aromatic nitrogens is 1. The highest BCUT2D eigenvalue weighted by Crippen LogP contribution is 2.28. The van der Waals surface area contributed by atoms with Crippen LogP contribution in [0.1, 0.15) is 22.0 Å². The molecule has 1 aliphatic heterocycles. The Bertz CT molecular complexity index is 972. The molecule has 0 spiro atoms. The molecule has 1 fully saturated rings. The van der Waals surface area contributed by atoms with Crippen LogP contribution in [0.3, 0.4) is 0 Å². The molecule has 2 N–H and O–H groups in total. The number of nitrogens with zero attached hydrogens (tertiary/aromatic N) is 2. The van der Waals surface area contributed by atoms with Crippen molar-refractivity contribution in [2.75, 3.05) is 32.5 Å². The fourth-order valence-electron chi connectivity index (χ4n) is 3.32. The quantitative estimate of drug-likeness (QED) is 0.774. The molecule has 1 amide bonds. The predicted octanol–water partition coefficient (Wildman–Crippen LogP) is 3.04. The molecule has 0 unspecified atom stereocenters. The molecule has 0 bridgehead atoms. The molecule has 0 radical (unpaired) electrons. The van der Waals surface area contributed by atoms with Crippen molar-refractivity contribution in [3.8, 4) is 5.75 Å². The molecule has 27 heavy (non-hydrogen) atoms. The first kappa shape index (κ1) is 17.3. The number of pyridine rings is 1. The van der Waals surface area contributed by atoms with Gasteiger partial charge in [-0.25, -0.2) is 4.98 Å². The van der Waals surface area contributed by atoms with Crippen LogP contribution in [0.25, 0.3) is 10.8 Å². The average molecular weight is 363 g/mol. The smallest absolute Gasteiger partial charge is 0.255 e. The summed E-state index contributed by atoms with van der Waals surface area (Å²) in [6.45, 7) is 1.56. The number of benzene rings is 2. The van der Waals surface area contributed by atoms with Crippen LogP contribution >= 0.6 is 0 Å². The molecule has 0 saturated carbocycles. The summed E-state index contributed by atoms with van der Waals surface area (Å²) in [7, 11) is 1.66. The first-order chi connectivity index (χ1) is 13.1. The van der Waals surface area contributed by atoms with Crippen LogP contribution in [-0.2, 0) is 4.74 Å². The molecular weight excluding hydrogens is 342 g/mol. The van der Waals surface area contributed by atoms with Crippen LogP contribution in [0.2, 0.25) is 0 Å². The normalized spacial score (nSPS) is 17.1. The molecule has 138 valence electrons. The number of morpholine rings is 1. The lowest BCUT2D eigenvalue weighted by atomic mass is 10.0. The number of methoxy groups -OCH3 is 1. The van der Waals surface area contributed by atoms with Crippen molar-refractivity contribution in [1.82, 2.24) is 9.88 Å². The van der Waals surface area contributed by atoms with E-state index in [0.29, 0.717) is 31.1 Å². The molecule has 2 aromatic carbocycles. The first-order valence-electron chi connectivity index (χ1n) is 8.84. The number of nitrogen functional groups attached to an aromatic ring is 1. The number of carbonyl (C=O) groups excluding carboxylic acids is 1. The lowest BCUT2D eigenvalue weighted by Crippen LogP contribution is -2.42. The number of rotatable bonds is 3. The van der Waals surface area contributed by atoms with Gasteiger partial charge in [-0.05, 0) is 46.7 Å². The van der Waals surface area contributed by atoms with Gasteiger partial charge < -0.3 is 20.1 Å². The van der Waals surface area contributed by atoms with Gasteiger partial charge in [0, 0.05) is 12.7 Å². The Hall–Kier alpha value is -3.12. The third-order valence-electron chi connectivity index (χ3n) is 4.83. The summed E-state index contributed by atoms with van der Waals surface area (Å²) >= 11 is 0. The molecule has 2 heterocycles. The van der Waals surface area contributed by atoms with E-state index in [0.717, 1.165) is 22.1 Å². The van der Waals surface area contributed by atoms with Crippen molar-refractivity contribution in [2.45, 2.75) is 6.10 Å². The monoisotopic (exact) mass is 363 g/mol. The van der Waals surface area contributed by atoms with Crippen LogP contribution in [0, 0.1) is 0 Å². The number of ether oxygens (including phenoxy) is 2. The van der Waals surface area contributed by atoms with Gasteiger partial charge in [-0.1, -0.05) is 18.2 Å². The number of nitrogens with two attached hydrogens (primary N) is 1. The number of fused-ring (bicyclic) bond motifs is 1. The number of hydrogen-bond donors (Lipinski definition) is 1. The zero-order valence-electron chi connectivity index (χ0n) is 15.1. The summed E-state index contributed by atoms with van der Waals surface area (Å²) in [6.07, 6.45) is 1.36. The van der Waals surface area contributed by atoms with Gasteiger partial charge in [0.15, 0.2) is 0 Å². The molecule has 4 rings (SSSR count). The molecule has 3 aromatic rings. The summed E-state index contributed by atoms with van der Waals surface area (Å²) in [5.74, 6) is 1.18. The van der Waals surface area contributed by atoms with E-state index in [1.807, 2.05) is 24.3 Å². The van der Waals surface area contributed by atoms with Gasteiger partial charge in [0.25, 0.3) is 5.91 Å². The fraction of sp³-hybridized carbons (Fsp3) is 0.238. The van der Waals surface area contributed by atoms with Crippen LogP contribution in [0.4, 0.5) is 5.82 Å². The van der Waals surface area contributed by atoms with Crippen LogP contribution in [0.15, 0.2) is 54.7 Å². The van der Waals surface area contributed by atoms with Gasteiger partial charge >= 0.3 is 0 Å². The van der Waals surface area contributed by atoms with Gasteiger partial charge in [0.1, 0.15) is 17.7 Å². The lowest BCUT2D eigenvalue weighted by molar-refractivity contribution is -0.0227. The van der Waals surface area contributed by atoms with Gasteiger partial charge in [0.2, 0.25) is 0 Å². The van der Waals surface area contributed by atoms with E-state index in [9.17, 15) is 4.79 Å². The summed E-state index contributed by atoms with van der Waals surface area (Å²) < 4.78 is 11.2. The van der Waals surface area contributed by atoms with Crippen LogP contribution in [0.5, 0.6) is 5.75 Å². The van der Waals surface area contributed by atoms with Gasteiger partial charge in [0.05, 0.1) is 25.8 Å². The number of carbonyl (C=O) groups is 1. The molecule has 6 nitrogen and oxygen atoms in total. The first-order valence-corrected chi connectivity index (χ1v) is 8.84. The predicted molar refractivity (Wildman–Crippen MR) is 104 cm³/mol.